The largest absolute Gasteiger partial charge is 0.445 e. The Balaban J connectivity index is 1.54. The Hall–Kier alpha value is -3.74. The molecular weight excluding hydrogens is 371 g/mol. The van der Waals surface area contributed by atoms with Crippen LogP contribution >= 0.6 is 0 Å². The number of carbonyl (C=O) groups excluding carboxylic acids is 1. The second-order valence-electron chi connectivity index (χ2n) is 7.04. The molecule has 1 unspecified atom stereocenters. The van der Waals surface area contributed by atoms with Crippen molar-refractivity contribution in [2.75, 3.05) is 5.32 Å². The highest BCUT2D eigenvalue weighted by atomic mass is 19.1. The van der Waals surface area contributed by atoms with Crippen LogP contribution in [0, 0.1) is 5.95 Å². The average Bonchev–Trinajstić information content (AvgIpc) is 3.04. The number of hydrogen-bond acceptors (Lipinski definition) is 4. The van der Waals surface area contributed by atoms with E-state index < -0.39 is 12.0 Å². The number of nitrogens with one attached hydrogen (secondary N) is 2. The van der Waals surface area contributed by atoms with Crippen LogP contribution in [0.2, 0.25) is 0 Å². The number of fused-ring (bicyclic) bond motifs is 2. The van der Waals surface area contributed by atoms with E-state index in [9.17, 15) is 9.18 Å². The van der Waals surface area contributed by atoms with E-state index in [0.717, 1.165) is 22.0 Å². The molecule has 0 fully saturated rings. The van der Waals surface area contributed by atoms with Crippen molar-refractivity contribution in [1.29, 1.82) is 0 Å². The van der Waals surface area contributed by atoms with E-state index >= 15 is 0 Å². The number of H-pyrrole nitrogens is 1. The number of aromatic amines is 1. The molecule has 29 heavy (non-hydrogen) atoms. The number of aromatic nitrogens is 3. The number of rotatable bonds is 3. The molecule has 4 aromatic rings. The number of carbonyl (C=O) groups is 1. The summed E-state index contributed by atoms with van der Waals surface area (Å²) in [6.45, 7) is 0. The summed E-state index contributed by atoms with van der Waals surface area (Å²) in [4.78, 5) is 15.8. The summed E-state index contributed by atoms with van der Waals surface area (Å²) in [7, 11) is 0. The smallest absolute Gasteiger partial charge is 0.411 e. The number of benzene rings is 2. The molecule has 0 saturated carbocycles. The molecule has 6 nitrogen and oxygen atoms in total. The first kappa shape index (κ1) is 17.4. The van der Waals surface area contributed by atoms with Crippen LogP contribution in [0.25, 0.3) is 22.2 Å². The molecule has 0 aliphatic carbocycles. The van der Waals surface area contributed by atoms with Gasteiger partial charge in [0.15, 0.2) is 0 Å². The SMILES string of the molecule is O=C1Nc2cc3[nH]nc(-c4ccnc(F)c4)c3cc2CC(Cc2ccccc2)O1. The second kappa shape index (κ2) is 7.01. The lowest BCUT2D eigenvalue weighted by molar-refractivity contribution is 0.113. The van der Waals surface area contributed by atoms with Crippen LogP contribution in [0.4, 0.5) is 14.9 Å². The summed E-state index contributed by atoms with van der Waals surface area (Å²) < 4.78 is 19.2. The Bertz CT molecular complexity index is 1210. The van der Waals surface area contributed by atoms with Gasteiger partial charge >= 0.3 is 6.09 Å². The zero-order valence-corrected chi connectivity index (χ0v) is 15.4. The minimum Gasteiger partial charge on any atom is -0.445 e. The highest BCUT2D eigenvalue weighted by molar-refractivity contribution is 5.98. The standard InChI is InChI=1S/C22H17FN4O2/c23-20-11-14(6-7-24-20)21-17-10-15-9-16(8-13-4-2-1-3-5-13)29-22(28)25-18(15)12-19(17)26-27-21/h1-7,10-12,16H,8-9H2,(H,25,28)(H,26,27). The zero-order valence-electron chi connectivity index (χ0n) is 15.4. The van der Waals surface area contributed by atoms with Gasteiger partial charge in [0.05, 0.1) is 5.52 Å². The van der Waals surface area contributed by atoms with Gasteiger partial charge in [-0.15, -0.1) is 0 Å². The van der Waals surface area contributed by atoms with Crippen LogP contribution in [0.3, 0.4) is 0 Å². The maximum Gasteiger partial charge on any atom is 0.411 e. The van der Waals surface area contributed by atoms with Crippen molar-refractivity contribution >= 4 is 22.7 Å². The quantitative estimate of drug-likeness (QED) is 0.507. The molecule has 0 spiro atoms. The van der Waals surface area contributed by atoms with Crippen LogP contribution in [-0.2, 0) is 17.6 Å². The summed E-state index contributed by atoms with van der Waals surface area (Å²) in [5, 5.41) is 11.0. The van der Waals surface area contributed by atoms with E-state index in [1.165, 1.54) is 12.3 Å². The Morgan fingerprint density at radius 1 is 1.14 bits per heavy atom. The van der Waals surface area contributed by atoms with E-state index in [1.807, 2.05) is 42.5 Å². The molecule has 0 bridgehead atoms. The molecule has 144 valence electrons. The van der Waals surface area contributed by atoms with Crippen molar-refractivity contribution < 1.29 is 13.9 Å². The van der Waals surface area contributed by atoms with Crippen LogP contribution in [-0.4, -0.2) is 27.4 Å². The zero-order chi connectivity index (χ0) is 19.8. The number of hydrogen-bond donors (Lipinski definition) is 2. The molecule has 5 rings (SSSR count). The minimum atomic E-state index is -0.558. The van der Waals surface area contributed by atoms with Gasteiger partial charge in [-0.3, -0.25) is 10.4 Å². The van der Waals surface area contributed by atoms with E-state index in [4.69, 9.17) is 4.74 Å². The van der Waals surface area contributed by atoms with Crippen LogP contribution in [0.15, 0.2) is 60.8 Å². The lowest BCUT2D eigenvalue weighted by Gasteiger charge is -2.14. The van der Waals surface area contributed by atoms with Crippen LogP contribution in [0.1, 0.15) is 11.1 Å². The predicted molar refractivity (Wildman–Crippen MR) is 107 cm³/mol. The van der Waals surface area contributed by atoms with Crippen LogP contribution in [0.5, 0.6) is 0 Å². The van der Waals surface area contributed by atoms with Gasteiger partial charge in [-0.25, -0.2) is 9.78 Å². The number of anilines is 1. The Morgan fingerprint density at radius 3 is 2.83 bits per heavy atom. The fourth-order valence-electron chi connectivity index (χ4n) is 3.73. The van der Waals surface area contributed by atoms with Gasteiger partial charge in [-0.05, 0) is 29.3 Å². The Morgan fingerprint density at radius 2 is 2.00 bits per heavy atom. The van der Waals surface area contributed by atoms with Gasteiger partial charge in [0.1, 0.15) is 11.8 Å². The van der Waals surface area contributed by atoms with Crippen molar-refractivity contribution in [3.8, 4) is 11.3 Å². The van der Waals surface area contributed by atoms with Crippen molar-refractivity contribution in [3.05, 3.63) is 77.9 Å². The van der Waals surface area contributed by atoms with Gasteiger partial charge < -0.3 is 4.74 Å². The molecule has 1 aliphatic rings. The molecule has 2 N–H and O–H groups in total. The van der Waals surface area contributed by atoms with E-state index in [-0.39, 0.29) is 6.10 Å². The number of cyclic esters (lactones) is 1. The summed E-state index contributed by atoms with van der Waals surface area (Å²) in [6, 6.07) is 16.8. The highest BCUT2D eigenvalue weighted by Gasteiger charge is 2.24. The highest BCUT2D eigenvalue weighted by Crippen LogP contribution is 2.33. The Labute approximate surface area is 165 Å². The number of ether oxygens (including phenoxy) is 1. The molecule has 0 radical (unpaired) electrons. The summed E-state index contributed by atoms with van der Waals surface area (Å²) >= 11 is 0. The molecule has 1 aliphatic heterocycles. The lowest BCUT2D eigenvalue weighted by Crippen LogP contribution is -2.22. The first-order valence-corrected chi connectivity index (χ1v) is 9.30. The second-order valence-corrected chi connectivity index (χ2v) is 7.04. The third-order valence-corrected chi connectivity index (χ3v) is 5.05. The summed E-state index contributed by atoms with van der Waals surface area (Å²) in [5.41, 5.74) is 4.76. The first-order chi connectivity index (χ1) is 14.2. The molecule has 0 saturated heterocycles. The monoisotopic (exact) mass is 388 g/mol. The molecule has 3 heterocycles. The predicted octanol–water partition coefficient (Wildman–Crippen LogP) is 4.48. The van der Waals surface area contributed by atoms with Crippen molar-refractivity contribution in [2.45, 2.75) is 18.9 Å². The number of halogens is 1. The number of nitrogens with zero attached hydrogens (tertiary/aromatic N) is 2. The molecular formula is C22H17FN4O2. The van der Waals surface area contributed by atoms with Crippen molar-refractivity contribution in [3.63, 3.8) is 0 Å². The molecule has 1 amide bonds. The summed E-state index contributed by atoms with van der Waals surface area (Å²) in [5.74, 6) is -0.558. The molecule has 1 atom stereocenters. The van der Waals surface area contributed by atoms with E-state index in [0.29, 0.717) is 29.8 Å². The van der Waals surface area contributed by atoms with E-state index in [1.54, 1.807) is 6.07 Å². The van der Waals surface area contributed by atoms with Gasteiger partial charge in [-0.2, -0.15) is 9.49 Å². The Kier molecular flexibility index (Phi) is 4.20. The third-order valence-electron chi connectivity index (χ3n) is 5.05. The first-order valence-electron chi connectivity index (χ1n) is 9.30. The average molecular weight is 388 g/mol. The summed E-state index contributed by atoms with van der Waals surface area (Å²) in [6.07, 6.45) is 1.84. The molecule has 7 heteroatoms. The van der Waals surface area contributed by atoms with Gasteiger partial charge in [0.25, 0.3) is 0 Å². The van der Waals surface area contributed by atoms with Crippen LogP contribution < -0.4 is 5.32 Å². The number of pyridine rings is 1. The van der Waals surface area contributed by atoms with E-state index in [2.05, 4.69) is 20.5 Å². The maximum atomic E-state index is 13.6. The van der Waals surface area contributed by atoms with Gasteiger partial charge in [0, 0.05) is 41.7 Å². The maximum absolute atomic E-state index is 13.6. The molecule has 2 aromatic carbocycles. The van der Waals surface area contributed by atoms with Crippen molar-refractivity contribution in [2.24, 2.45) is 0 Å². The number of amides is 1. The minimum absolute atomic E-state index is 0.287. The van der Waals surface area contributed by atoms with Gasteiger partial charge in [0.2, 0.25) is 5.95 Å². The fraction of sp³-hybridized carbons (Fsp3) is 0.136. The normalized spacial score (nSPS) is 16.0. The third kappa shape index (κ3) is 3.42. The topological polar surface area (TPSA) is 79.9 Å². The fourth-order valence-corrected chi connectivity index (χ4v) is 3.73. The molecule has 2 aromatic heterocycles. The van der Waals surface area contributed by atoms with Crippen molar-refractivity contribution in [1.82, 2.24) is 15.2 Å². The lowest BCUT2D eigenvalue weighted by atomic mass is 9.98. The van der Waals surface area contributed by atoms with Gasteiger partial charge in [-0.1, -0.05) is 30.3 Å².